The fourth-order valence-electron chi connectivity index (χ4n) is 1.22. The van der Waals surface area contributed by atoms with Crippen molar-refractivity contribution in [2.45, 2.75) is 25.6 Å². The van der Waals surface area contributed by atoms with Crippen molar-refractivity contribution in [3.05, 3.63) is 12.3 Å². The molecule has 1 heterocycles. The standard InChI is InChI=1S/C11H18ClN3O/c1-4-16-10-5-7-13-11(14-10)15(3)8-6-9(2)12/h5,7,9H,4,6,8H2,1-3H3. The molecule has 0 bridgehead atoms. The highest BCUT2D eigenvalue weighted by molar-refractivity contribution is 6.20. The van der Waals surface area contributed by atoms with Crippen molar-refractivity contribution in [3.63, 3.8) is 0 Å². The topological polar surface area (TPSA) is 38.2 Å². The molecule has 1 aromatic heterocycles. The van der Waals surface area contributed by atoms with Crippen LogP contribution in [-0.2, 0) is 0 Å². The van der Waals surface area contributed by atoms with Gasteiger partial charge in [0.05, 0.1) is 6.61 Å². The average molecular weight is 244 g/mol. The number of aromatic nitrogens is 2. The van der Waals surface area contributed by atoms with E-state index >= 15 is 0 Å². The number of hydrogen-bond donors (Lipinski definition) is 0. The van der Waals surface area contributed by atoms with Crippen LogP contribution in [0.1, 0.15) is 20.3 Å². The van der Waals surface area contributed by atoms with Gasteiger partial charge in [0.2, 0.25) is 11.8 Å². The van der Waals surface area contributed by atoms with Gasteiger partial charge in [0.25, 0.3) is 0 Å². The second-order valence-corrected chi connectivity index (χ2v) is 4.36. The zero-order valence-electron chi connectivity index (χ0n) is 9.98. The fraction of sp³-hybridized carbons (Fsp3) is 0.636. The monoisotopic (exact) mass is 243 g/mol. The molecule has 5 heteroatoms. The Hall–Kier alpha value is -1.03. The minimum absolute atomic E-state index is 0.164. The van der Waals surface area contributed by atoms with Gasteiger partial charge >= 0.3 is 0 Å². The van der Waals surface area contributed by atoms with Gasteiger partial charge in [-0.15, -0.1) is 11.6 Å². The minimum Gasteiger partial charge on any atom is -0.478 e. The predicted octanol–water partition coefficient (Wildman–Crippen LogP) is 2.33. The van der Waals surface area contributed by atoms with Gasteiger partial charge in [0.1, 0.15) is 0 Å². The molecule has 16 heavy (non-hydrogen) atoms. The summed E-state index contributed by atoms with van der Waals surface area (Å²) in [5, 5.41) is 0.164. The van der Waals surface area contributed by atoms with E-state index in [9.17, 15) is 0 Å². The molecule has 0 spiro atoms. The Morgan fingerprint density at radius 2 is 2.31 bits per heavy atom. The maximum absolute atomic E-state index is 5.90. The van der Waals surface area contributed by atoms with Gasteiger partial charge < -0.3 is 9.64 Å². The second kappa shape index (κ2) is 6.53. The van der Waals surface area contributed by atoms with Gasteiger partial charge in [0.15, 0.2) is 0 Å². The number of anilines is 1. The zero-order chi connectivity index (χ0) is 12.0. The SMILES string of the molecule is CCOc1ccnc(N(C)CCC(C)Cl)n1. The van der Waals surface area contributed by atoms with Crippen LogP contribution in [0.2, 0.25) is 0 Å². The lowest BCUT2D eigenvalue weighted by Crippen LogP contribution is -2.22. The Kier molecular flexibility index (Phi) is 5.32. The van der Waals surface area contributed by atoms with Crippen LogP contribution in [0.4, 0.5) is 5.95 Å². The maximum atomic E-state index is 5.90. The summed E-state index contributed by atoms with van der Waals surface area (Å²) in [6.07, 6.45) is 2.61. The Labute approximate surface area is 102 Å². The summed E-state index contributed by atoms with van der Waals surface area (Å²) in [6.45, 7) is 5.35. The summed E-state index contributed by atoms with van der Waals surface area (Å²) in [5.74, 6) is 1.28. The molecule has 4 nitrogen and oxygen atoms in total. The molecule has 1 atom stereocenters. The van der Waals surface area contributed by atoms with Gasteiger partial charge in [-0.25, -0.2) is 4.98 Å². The van der Waals surface area contributed by atoms with Crippen molar-refractivity contribution in [3.8, 4) is 5.88 Å². The van der Waals surface area contributed by atoms with E-state index in [0.29, 0.717) is 18.4 Å². The second-order valence-electron chi connectivity index (χ2n) is 3.62. The van der Waals surface area contributed by atoms with Gasteiger partial charge in [-0.05, 0) is 20.3 Å². The van der Waals surface area contributed by atoms with Crippen LogP contribution < -0.4 is 9.64 Å². The van der Waals surface area contributed by atoms with Crippen molar-refractivity contribution < 1.29 is 4.74 Å². The Balaban J connectivity index is 2.60. The van der Waals surface area contributed by atoms with E-state index in [0.717, 1.165) is 13.0 Å². The number of nitrogens with zero attached hydrogens (tertiary/aromatic N) is 3. The summed E-state index contributed by atoms with van der Waals surface area (Å²) in [7, 11) is 1.95. The van der Waals surface area contributed by atoms with Gasteiger partial charge in [-0.3, -0.25) is 0 Å². The molecule has 1 aromatic rings. The van der Waals surface area contributed by atoms with Gasteiger partial charge in [-0.2, -0.15) is 4.98 Å². The fourth-order valence-corrected chi connectivity index (χ4v) is 1.31. The predicted molar refractivity (Wildman–Crippen MR) is 66.4 cm³/mol. The number of alkyl halides is 1. The highest BCUT2D eigenvalue weighted by Gasteiger charge is 2.06. The number of rotatable bonds is 6. The third-order valence-electron chi connectivity index (χ3n) is 2.11. The van der Waals surface area contributed by atoms with E-state index in [4.69, 9.17) is 16.3 Å². The molecule has 0 aromatic carbocycles. The normalized spacial score (nSPS) is 12.2. The zero-order valence-corrected chi connectivity index (χ0v) is 10.7. The van der Waals surface area contributed by atoms with Crippen molar-refractivity contribution in [1.82, 2.24) is 9.97 Å². The Morgan fingerprint density at radius 3 is 2.94 bits per heavy atom. The highest BCUT2D eigenvalue weighted by atomic mass is 35.5. The summed E-state index contributed by atoms with van der Waals surface area (Å²) in [6, 6.07) is 1.75. The van der Waals surface area contributed by atoms with Crippen molar-refractivity contribution >= 4 is 17.5 Å². The molecule has 1 unspecified atom stereocenters. The first kappa shape index (κ1) is 13.0. The number of ether oxygens (including phenoxy) is 1. The van der Waals surface area contributed by atoms with Crippen molar-refractivity contribution in [1.29, 1.82) is 0 Å². The van der Waals surface area contributed by atoms with Crippen molar-refractivity contribution in [2.24, 2.45) is 0 Å². The first-order valence-electron chi connectivity index (χ1n) is 5.44. The lowest BCUT2D eigenvalue weighted by molar-refractivity contribution is 0.326. The molecule has 0 aliphatic rings. The van der Waals surface area contributed by atoms with Crippen LogP contribution >= 0.6 is 11.6 Å². The van der Waals surface area contributed by atoms with E-state index in [1.807, 2.05) is 25.8 Å². The molecule has 0 aliphatic heterocycles. The maximum Gasteiger partial charge on any atom is 0.228 e. The van der Waals surface area contributed by atoms with Crippen LogP contribution in [-0.4, -0.2) is 35.5 Å². The molecule has 0 fully saturated rings. The van der Waals surface area contributed by atoms with E-state index in [1.165, 1.54) is 0 Å². The van der Waals surface area contributed by atoms with Crippen molar-refractivity contribution in [2.75, 3.05) is 25.1 Å². The van der Waals surface area contributed by atoms with Gasteiger partial charge in [-0.1, -0.05) is 0 Å². The lowest BCUT2D eigenvalue weighted by atomic mass is 10.3. The molecule has 0 amide bonds. The first-order chi connectivity index (χ1) is 7.63. The van der Waals surface area contributed by atoms with Crippen LogP contribution in [0.25, 0.3) is 0 Å². The summed E-state index contributed by atoms with van der Waals surface area (Å²) in [4.78, 5) is 10.5. The van der Waals surface area contributed by atoms with Crippen LogP contribution in [0.15, 0.2) is 12.3 Å². The molecule has 0 saturated heterocycles. The van der Waals surface area contributed by atoms with E-state index in [-0.39, 0.29) is 5.38 Å². The third kappa shape index (κ3) is 4.23. The Bertz CT molecular complexity index is 320. The largest absolute Gasteiger partial charge is 0.478 e. The Morgan fingerprint density at radius 1 is 1.56 bits per heavy atom. The third-order valence-corrected chi connectivity index (χ3v) is 2.33. The van der Waals surface area contributed by atoms with Gasteiger partial charge in [0, 0.05) is 31.2 Å². The number of halogens is 1. The highest BCUT2D eigenvalue weighted by Crippen LogP contribution is 2.12. The minimum atomic E-state index is 0.164. The summed E-state index contributed by atoms with van der Waals surface area (Å²) < 4.78 is 5.32. The van der Waals surface area contributed by atoms with Crippen LogP contribution in [0.3, 0.4) is 0 Å². The van der Waals surface area contributed by atoms with E-state index in [1.54, 1.807) is 12.3 Å². The smallest absolute Gasteiger partial charge is 0.228 e. The molecule has 1 rings (SSSR count). The van der Waals surface area contributed by atoms with E-state index in [2.05, 4.69) is 9.97 Å². The average Bonchev–Trinajstić information content (AvgIpc) is 2.26. The number of hydrogen-bond acceptors (Lipinski definition) is 4. The molecular formula is C11H18ClN3O. The summed E-state index contributed by atoms with van der Waals surface area (Å²) in [5.41, 5.74) is 0. The molecule has 0 radical (unpaired) electrons. The van der Waals surface area contributed by atoms with Crippen LogP contribution in [0.5, 0.6) is 5.88 Å². The molecule has 0 N–H and O–H groups in total. The van der Waals surface area contributed by atoms with E-state index < -0.39 is 0 Å². The summed E-state index contributed by atoms with van der Waals surface area (Å²) >= 11 is 5.90. The molecule has 90 valence electrons. The first-order valence-corrected chi connectivity index (χ1v) is 5.88. The molecule has 0 saturated carbocycles. The lowest BCUT2D eigenvalue weighted by Gasteiger charge is -2.17. The molecule has 0 aliphatic carbocycles. The quantitative estimate of drug-likeness (QED) is 0.719. The molecular weight excluding hydrogens is 226 g/mol. The van der Waals surface area contributed by atoms with Crippen LogP contribution in [0, 0.1) is 0 Å².